The Bertz CT molecular complexity index is 639. The van der Waals surface area contributed by atoms with E-state index in [2.05, 4.69) is 4.98 Å². The van der Waals surface area contributed by atoms with E-state index >= 15 is 0 Å². The number of aliphatic carboxylic acids is 1. The van der Waals surface area contributed by atoms with Crippen LogP contribution in [0, 0.1) is 0 Å². The molecule has 1 aromatic carbocycles. The fourth-order valence-electron chi connectivity index (χ4n) is 1.97. The lowest BCUT2D eigenvalue weighted by molar-refractivity contribution is -0.133. The second-order valence-electron chi connectivity index (χ2n) is 4.02. The van der Waals surface area contributed by atoms with Gasteiger partial charge in [-0.05, 0) is 6.92 Å². The van der Waals surface area contributed by atoms with E-state index in [1.54, 1.807) is 20.3 Å². The molecule has 108 valence electrons. The number of hydrogen-bond donors (Lipinski definition) is 1. The lowest BCUT2D eigenvalue weighted by Crippen LogP contribution is -2.02. The molecule has 0 aliphatic rings. The third-order valence-corrected chi connectivity index (χ3v) is 3.82. The molecule has 0 saturated carbocycles. The number of hydrogen-bond acceptors (Lipinski definition) is 5. The van der Waals surface area contributed by atoms with Crippen molar-refractivity contribution in [1.29, 1.82) is 0 Å². The molecule has 0 aliphatic heterocycles. The molecule has 0 spiro atoms. The standard InChI is InChI=1S/C13H16N2O4S/c1-4-15-9-6-11(19-3)10(18-2)5-8(9)14-13(15)20-7-12(16)17/h5-6H,4,7H2,1-3H3,(H,16,17). The van der Waals surface area contributed by atoms with E-state index in [0.717, 1.165) is 11.0 Å². The SMILES string of the molecule is CCn1c(SCC(=O)O)nc2cc(OC)c(OC)cc21. The predicted molar refractivity (Wildman–Crippen MR) is 76.9 cm³/mol. The number of methoxy groups -OCH3 is 2. The highest BCUT2D eigenvalue weighted by molar-refractivity contribution is 7.99. The van der Waals surface area contributed by atoms with Gasteiger partial charge in [-0.1, -0.05) is 11.8 Å². The van der Waals surface area contributed by atoms with E-state index < -0.39 is 5.97 Å². The van der Waals surface area contributed by atoms with E-state index in [0.29, 0.717) is 23.2 Å². The summed E-state index contributed by atoms with van der Waals surface area (Å²) in [5.41, 5.74) is 1.66. The van der Waals surface area contributed by atoms with E-state index in [4.69, 9.17) is 14.6 Å². The third kappa shape index (κ3) is 2.67. The summed E-state index contributed by atoms with van der Waals surface area (Å²) in [4.78, 5) is 15.2. The summed E-state index contributed by atoms with van der Waals surface area (Å²) in [6, 6.07) is 3.65. The van der Waals surface area contributed by atoms with E-state index in [-0.39, 0.29) is 5.75 Å². The van der Waals surface area contributed by atoms with Gasteiger partial charge >= 0.3 is 5.97 Å². The van der Waals surface area contributed by atoms with Crippen LogP contribution in [0.4, 0.5) is 0 Å². The van der Waals surface area contributed by atoms with Crippen LogP contribution in [0.25, 0.3) is 11.0 Å². The van der Waals surface area contributed by atoms with Crippen molar-refractivity contribution < 1.29 is 19.4 Å². The van der Waals surface area contributed by atoms with Crippen LogP contribution in [0.15, 0.2) is 17.3 Å². The molecule has 2 aromatic rings. The van der Waals surface area contributed by atoms with Gasteiger partial charge in [0.25, 0.3) is 0 Å². The third-order valence-electron chi connectivity index (χ3n) is 2.86. The maximum atomic E-state index is 10.7. The molecule has 0 atom stereocenters. The average Bonchev–Trinajstić information content (AvgIpc) is 2.79. The molecular formula is C13H16N2O4S. The summed E-state index contributed by atoms with van der Waals surface area (Å²) in [6.07, 6.45) is 0. The second kappa shape index (κ2) is 6.04. The number of carboxylic acids is 1. The van der Waals surface area contributed by atoms with Crippen LogP contribution in [0.3, 0.4) is 0 Å². The number of aryl methyl sites for hydroxylation is 1. The number of benzene rings is 1. The molecule has 1 N–H and O–H groups in total. The highest BCUT2D eigenvalue weighted by Crippen LogP contribution is 2.34. The molecule has 20 heavy (non-hydrogen) atoms. The molecule has 0 aliphatic carbocycles. The molecule has 7 heteroatoms. The summed E-state index contributed by atoms with van der Waals surface area (Å²) >= 11 is 1.20. The minimum atomic E-state index is -0.861. The molecule has 0 saturated heterocycles. The Hall–Kier alpha value is -1.89. The van der Waals surface area contributed by atoms with Gasteiger partial charge in [-0.15, -0.1) is 0 Å². The number of thioether (sulfide) groups is 1. The lowest BCUT2D eigenvalue weighted by atomic mass is 10.2. The largest absolute Gasteiger partial charge is 0.493 e. The number of carboxylic acid groups (broad SMARTS) is 1. The number of aromatic nitrogens is 2. The van der Waals surface area contributed by atoms with Crippen LogP contribution in [0.2, 0.25) is 0 Å². The lowest BCUT2D eigenvalue weighted by Gasteiger charge is -2.08. The first kappa shape index (κ1) is 14.5. The number of carbonyl (C=O) groups is 1. The van der Waals surface area contributed by atoms with Crippen LogP contribution < -0.4 is 9.47 Å². The average molecular weight is 296 g/mol. The summed E-state index contributed by atoms with van der Waals surface area (Å²) < 4.78 is 12.5. The zero-order valence-corrected chi connectivity index (χ0v) is 12.4. The number of nitrogens with zero attached hydrogens (tertiary/aromatic N) is 2. The van der Waals surface area contributed by atoms with Crippen LogP contribution in [-0.4, -0.2) is 40.6 Å². The first-order chi connectivity index (χ1) is 9.60. The van der Waals surface area contributed by atoms with Crippen molar-refractivity contribution in [3.05, 3.63) is 12.1 Å². The number of fused-ring (bicyclic) bond motifs is 1. The van der Waals surface area contributed by atoms with Gasteiger partial charge in [-0.2, -0.15) is 0 Å². The molecule has 0 amide bonds. The van der Waals surface area contributed by atoms with Crippen LogP contribution in [0.5, 0.6) is 11.5 Å². The Morgan fingerprint density at radius 2 is 2.00 bits per heavy atom. The van der Waals surface area contributed by atoms with Crippen molar-refractivity contribution >= 4 is 28.8 Å². The van der Waals surface area contributed by atoms with Gasteiger partial charge in [-0.3, -0.25) is 4.79 Å². The normalized spacial score (nSPS) is 10.8. The molecular weight excluding hydrogens is 280 g/mol. The number of imidazole rings is 1. The minimum Gasteiger partial charge on any atom is -0.493 e. The van der Waals surface area contributed by atoms with Gasteiger partial charge in [0.05, 0.1) is 31.0 Å². The van der Waals surface area contributed by atoms with Gasteiger partial charge < -0.3 is 19.1 Å². The van der Waals surface area contributed by atoms with E-state index in [9.17, 15) is 4.79 Å². The molecule has 1 heterocycles. The van der Waals surface area contributed by atoms with Gasteiger partial charge in [0.2, 0.25) is 0 Å². The van der Waals surface area contributed by atoms with Gasteiger partial charge in [0.15, 0.2) is 16.7 Å². The van der Waals surface area contributed by atoms with Crippen molar-refractivity contribution in [2.75, 3.05) is 20.0 Å². The van der Waals surface area contributed by atoms with E-state index in [1.807, 2.05) is 17.6 Å². The van der Waals surface area contributed by atoms with Gasteiger partial charge in [0, 0.05) is 18.7 Å². The molecule has 0 unspecified atom stereocenters. The van der Waals surface area contributed by atoms with Gasteiger partial charge in [0.1, 0.15) is 0 Å². The Kier molecular flexibility index (Phi) is 4.39. The summed E-state index contributed by atoms with van der Waals surface area (Å²) in [7, 11) is 3.15. The molecule has 0 radical (unpaired) electrons. The smallest absolute Gasteiger partial charge is 0.313 e. The van der Waals surface area contributed by atoms with Gasteiger partial charge in [-0.25, -0.2) is 4.98 Å². The van der Waals surface area contributed by atoms with Crippen LogP contribution in [0.1, 0.15) is 6.92 Å². The molecule has 0 bridgehead atoms. The molecule has 6 nitrogen and oxygen atoms in total. The fourth-order valence-corrected chi connectivity index (χ4v) is 2.77. The maximum Gasteiger partial charge on any atom is 0.313 e. The number of ether oxygens (including phenoxy) is 2. The topological polar surface area (TPSA) is 73.6 Å². The van der Waals surface area contributed by atoms with Crippen molar-refractivity contribution in [2.24, 2.45) is 0 Å². The summed E-state index contributed by atoms with van der Waals surface area (Å²) in [6.45, 7) is 2.69. The second-order valence-corrected chi connectivity index (χ2v) is 4.96. The zero-order chi connectivity index (χ0) is 14.7. The van der Waals surface area contributed by atoms with Crippen LogP contribution in [-0.2, 0) is 11.3 Å². The van der Waals surface area contributed by atoms with Crippen molar-refractivity contribution in [3.63, 3.8) is 0 Å². The molecule has 0 fully saturated rings. The Balaban J connectivity index is 2.52. The maximum absolute atomic E-state index is 10.7. The number of rotatable bonds is 6. The predicted octanol–water partition coefficient (Wildman–Crippen LogP) is 2.25. The summed E-state index contributed by atoms with van der Waals surface area (Å²) in [5.74, 6) is 0.359. The Morgan fingerprint density at radius 3 is 2.55 bits per heavy atom. The monoisotopic (exact) mass is 296 g/mol. The zero-order valence-electron chi connectivity index (χ0n) is 11.5. The first-order valence-corrected chi connectivity index (χ1v) is 7.06. The molecule has 1 aromatic heterocycles. The van der Waals surface area contributed by atoms with Crippen molar-refractivity contribution in [1.82, 2.24) is 9.55 Å². The summed E-state index contributed by atoms with van der Waals surface area (Å²) in [5, 5.41) is 9.46. The van der Waals surface area contributed by atoms with Crippen LogP contribution >= 0.6 is 11.8 Å². The Labute approximate surface area is 120 Å². The highest BCUT2D eigenvalue weighted by atomic mass is 32.2. The van der Waals surface area contributed by atoms with Crippen molar-refractivity contribution in [2.45, 2.75) is 18.6 Å². The molecule has 2 rings (SSSR count). The fraction of sp³-hybridized carbons (Fsp3) is 0.385. The minimum absolute atomic E-state index is 0.0163. The van der Waals surface area contributed by atoms with Crippen molar-refractivity contribution in [3.8, 4) is 11.5 Å². The Morgan fingerprint density at radius 1 is 1.35 bits per heavy atom. The highest BCUT2D eigenvalue weighted by Gasteiger charge is 2.15. The first-order valence-electron chi connectivity index (χ1n) is 6.07. The van der Waals surface area contributed by atoms with E-state index in [1.165, 1.54) is 11.8 Å². The quantitative estimate of drug-likeness (QED) is 0.824.